The van der Waals surface area contributed by atoms with Crippen LogP contribution in [0.1, 0.15) is 80.9 Å². The lowest BCUT2D eigenvalue weighted by Gasteiger charge is -2.37. The molecule has 2 aliphatic rings. The second kappa shape index (κ2) is 6.07. The van der Waals surface area contributed by atoms with Crippen molar-refractivity contribution >= 4 is 0 Å². The molecule has 0 heterocycles. The third-order valence-corrected chi connectivity index (χ3v) is 5.32. The normalized spacial score (nSPS) is 40.9. The van der Waals surface area contributed by atoms with Crippen LogP contribution in [0.25, 0.3) is 0 Å². The Bertz CT molecular complexity index is 189. The lowest BCUT2D eigenvalue weighted by Crippen LogP contribution is -2.25. The predicted octanol–water partition coefficient (Wildman–Crippen LogP) is 5.91. The van der Waals surface area contributed by atoms with Crippen LogP contribution in [0.4, 0.5) is 0 Å². The van der Waals surface area contributed by atoms with Gasteiger partial charge in [-0.15, -0.1) is 0 Å². The molecule has 2 aliphatic carbocycles. The van der Waals surface area contributed by atoms with Crippen molar-refractivity contribution in [1.29, 1.82) is 0 Å². The zero-order valence-corrected chi connectivity index (χ0v) is 11.4. The summed E-state index contributed by atoms with van der Waals surface area (Å²) in [6.07, 6.45) is 15.2. The van der Waals surface area contributed by atoms with Crippen molar-refractivity contribution in [2.24, 2.45) is 23.7 Å². The molecule has 0 aliphatic heterocycles. The second-order valence-corrected chi connectivity index (χ2v) is 6.59. The molecule has 98 valence electrons. The molecule has 0 spiro atoms. The van der Waals surface area contributed by atoms with E-state index in [1.54, 1.807) is 38.5 Å². The Morgan fingerprint density at radius 3 is 1.81 bits per heavy atom. The molecule has 2 fully saturated rings. The van der Waals surface area contributed by atoms with Gasteiger partial charge in [-0.05, 0) is 49.4 Å². The third kappa shape index (κ3) is 3.25. The first kappa shape index (κ1) is 12.5. The number of rotatable bonds is 3. The van der Waals surface area contributed by atoms with Crippen molar-refractivity contribution in [1.82, 2.24) is 0 Å². The molecule has 0 atom stereocenters. The van der Waals surface area contributed by atoms with E-state index < -0.39 is 0 Å². The van der Waals surface area contributed by atoms with Crippen LogP contribution in [0.5, 0.6) is 0 Å². The van der Waals surface area contributed by atoms with Gasteiger partial charge in [0.15, 0.2) is 0 Å². The Labute approximate surface area is 105 Å². The molecule has 0 aromatic carbocycles. The molecule has 0 unspecified atom stereocenters. The number of hydrogen-bond acceptors (Lipinski definition) is 0. The fourth-order valence-corrected chi connectivity index (χ4v) is 4.11. The summed E-state index contributed by atoms with van der Waals surface area (Å²) in [7, 11) is 0. The molecule has 16 heavy (non-hydrogen) atoms. The van der Waals surface area contributed by atoms with Crippen LogP contribution in [0.2, 0.25) is 0 Å². The van der Waals surface area contributed by atoms with E-state index in [1.165, 1.54) is 25.7 Å². The zero-order valence-electron chi connectivity index (χ0n) is 11.4. The van der Waals surface area contributed by atoms with Gasteiger partial charge in [-0.3, -0.25) is 0 Å². The van der Waals surface area contributed by atoms with Gasteiger partial charge in [0.1, 0.15) is 0 Å². The van der Waals surface area contributed by atoms with Gasteiger partial charge in [0.05, 0.1) is 0 Å². The first-order chi connectivity index (χ1) is 7.79. The van der Waals surface area contributed by atoms with Gasteiger partial charge in [0.2, 0.25) is 0 Å². The van der Waals surface area contributed by atoms with Gasteiger partial charge in [0, 0.05) is 2.85 Å². The highest BCUT2D eigenvalue weighted by Gasteiger charge is 2.29. The Morgan fingerprint density at radius 2 is 1.31 bits per heavy atom. The summed E-state index contributed by atoms with van der Waals surface area (Å²) in [6.45, 7) is 4.78. The van der Waals surface area contributed by atoms with Crippen LogP contribution in [0.15, 0.2) is 0 Å². The summed E-state index contributed by atoms with van der Waals surface area (Å²) in [5, 5.41) is 0. The van der Waals surface area contributed by atoms with Gasteiger partial charge >= 0.3 is 0 Å². The monoisotopic (exact) mass is 226 g/mol. The molecule has 2 saturated carbocycles. The average molecular weight is 226 g/mol. The minimum absolute atomic E-state index is 0. The largest absolute Gasteiger partial charge is 0.0654 e. The summed E-state index contributed by atoms with van der Waals surface area (Å²) in [6, 6.07) is 0. The minimum Gasteiger partial charge on any atom is -0.0654 e. The van der Waals surface area contributed by atoms with Gasteiger partial charge in [-0.1, -0.05) is 52.4 Å². The molecule has 0 N–H and O–H groups in total. The lowest BCUT2D eigenvalue weighted by atomic mass is 9.69. The third-order valence-electron chi connectivity index (χ3n) is 5.32. The van der Waals surface area contributed by atoms with E-state index in [0.29, 0.717) is 0 Å². The minimum atomic E-state index is 0. The standard InChI is InChI=1S/C16H30.2H2/c1-3-4-14-7-11-16(12-8-14)15-9-5-13(2)6-10-15;;/h13-16H,3-12H2,1-2H3;2*1H. The van der Waals surface area contributed by atoms with Crippen LogP contribution < -0.4 is 0 Å². The van der Waals surface area contributed by atoms with E-state index in [2.05, 4.69) is 13.8 Å². The van der Waals surface area contributed by atoms with E-state index in [-0.39, 0.29) is 2.85 Å². The fourth-order valence-electron chi connectivity index (χ4n) is 4.11. The Morgan fingerprint density at radius 1 is 0.812 bits per heavy atom. The first-order valence-electron chi connectivity index (χ1n) is 7.79. The van der Waals surface area contributed by atoms with Crippen molar-refractivity contribution in [3.63, 3.8) is 0 Å². The molecule has 0 heteroatoms. The maximum absolute atomic E-state index is 2.44. The Balaban J connectivity index is 0.00000144. The van der Waals surface area contributed by atoms with Gasteiger partial charge < -0.3 is 0 Å². The van der Waals surface area contributed by atoms with E-state index in [4.69, 9.17) is 0 Å². The average Bonchev–Trinajstić information content (AvgIpc) is 2.32. The molecular weight excluding hydrogens is 192 g/mol. The number of hydrogen-bond donors (Lipinski definition) is 0. The zero-order chi connectivity index (χ0) is 11.4. The van der Waals surface area contributed by atoms with Crippen LogP contribution in [0.3, 0.4) is 0 Å². The molecule has 0 amide bonds. The maximum atomic E-state index is 2.44. The maximum Gasteiger partial charge on any atom is 0 e. The highest BCUT2D eigenvalue weighted by molar-refractivity contribution is 4.81. The van der Waals surface area contributed by atoms with E-state index >= 15 is 0 Å². The molecule has 0 radical (unpaired) electrons. The molecule has 0 nitrogen and oxygen atoms in total. The highest BCUT2D eigenvalue weighted by atomic mass is 14.3. The van der Waals surface area contributed by atoms with Crippen molar-refractivity contribution in [3.05, 3.63) is 0 Å². The van der Waals surface area contributed by atoms with E-state index in [1.807, 2.05) is 0 Å². The summed E-state index contributed by atoms with van der Waals surface area (Å²) in [5.74, 6) is 4.33. The predicted molar refractivity (Wildman–Crippen MR) is 75.7 cm³/mol. The van der Waals surface area contributed by atoms with Crippen molar-refractivity contribution < 1.29 is 2.85 Å². The summed E-state index contributed by atoms with van der Waals surface area (Å²) >= 11 is 0. The molecule has 0 bridgehead atoms. The van der Waals surface area contributed by atoms with Crippen molar-refractivity contribution in [2.75, 3.05) is 0 Å². The van der Waals surface area contributed by atoms with E-state index in [0.717, 1.165) is 23.7 Å². The highest BCUT2D eigenvalue weighted by Crippen LogP contribution is 2.41. The lowest BCUT2D eigenvalue weighted by molar-refractivity contribution is 0.147. The molecular formula is C16H34. The second-order valence-electron chi connectivity index (χ2n) is 6.59. The topological polar surface area (TPSA) is 0 Å². The van der Waals surface area contributed by atoms with Crippen LogP contribution in [-0.2, 0) is 0 Å². The van der Waals surface area contributed by atoms with Gasteiger partial charge in [-0.25, -0.2) is 0 Å². The summed E-state index contributed by atoms with van der Waals surface area (Å²) < 4.78 is 0. The van der Waals surface area contributed by atoms with Crippen molar-refractivity contribution in [3.8, 4) is 0 Å². The van der Waals surface area contributed by atoms with Crippen LogP contribution in [-0.4, -0.2) is 0 Å². The van der Waals surface area contributed by atoms with Gasteiger partial charge in [-0.2, -0.15) is 0 Å². The molecule has 0 aromatic heterocycles. The van der Waals surface area contributed by atoms with Gasteiger partial charge in [0.25, 0.3) is 0 Å². The summed E-state index contributed by atoms with van der Waals surface area (Å²) in [4.78, 5) is 0. The first-order valence-corrected chi connectivity index (χ1v) is 7.79. The van der Waals surface area contributed by atoms with Crippen molar-refractivity contribution in [2.45, 2.75) is 78.1 Å². The molecule has 0 aromatic rings. The SMILES string of the molecule is CCCC1CCC(C2CCC(C)CC2)CC1.[HH].[HH]. The molecule has 2 rings (SSSR count). The summed E-state index contributed by atoms with van der Waals surface area (Å²) in [5.41, 5.74) is 0. The van der Waals surface area contributed by atoms with Crippen LogP contribution >= 0.6 is 0 Å². The fraction of sp³-hybridized carbons (Fsp3) is 1.00. The van der Waals surface area contributed by atoms with E-state index in [9.17, 15) is 0 Å². The Kier molecular flexibility index (Phi) is 4.73. The molecule has 0 saturated heterocycles. The quantitative estimate of drug-likeness (QED) is 0.561. The Hall–Kier alpha value is 0. The van der Waals surface area contributed by atoms with Crippen LogP contribution in [0, 0.1) is 23.7 Å². The smallest absolute Gasteiger partial charge is 0 e.